The molecule has 0 radical (unpaired) electrons. The Morgan fingerprint density at radius 2 is 2.00 bits per heavy atom. The summed E-state index contributed by atoms with van der Waals surface area (Å²) in [6.45, 7) is 1.18. The molecule has 0 spiro atoms. The van der Waals surface area contributed by atoms with Gasteiger partial charge in [0.15, 0.2) is 5.75 Å². The van der Waals surface area contributed by atoms with Gasteiger partial charge in [-0.05, 0) is 35.5 Å². The minimum Gasteiger partial charge on any atom is -0.488 e. The lowest BCUT2D eigenvalue weighted by molar-refractivity contribution is -0.386. The van der Waals surface area contributed by atoms with Gasteiger partial charge < -0.3 is 9.47 Å². The van der Waals surface area contributed by atoms with E-state index in [9.17, 15) is 19.7 Å². The van der Waals surface area contributed by atoms with Crippen molar-refractivity contribution in [2.24, 2.45) is 4.99 Å². The molecule has 10 heteroatoms. The number of thioether (sulfide) groups is 2. The fraction of sp³-hybridized carbons (Fsp3) is 0.150. The molecular formula is C20H16N2O6S2. The fourth-order valence-electron chi connectivity index (χ4n) is 2.62. The molecule has 0 N–H and O–H groups in total. The van der Waals surface area contributed by atoms with Crippen molar-refractivity contribution in [1.82, 2.24) is 0 Å². The predicted octanol–water partition coefficient (Wildman–Crippen LogP) is 4.43. The molecule has 0 saturated carbocycles. The lowest BCUT2D eigenvalue weighted by atomic mass is 10.1. The van der Waals surface area contributed by atoms with Crippen molar-refractivity contribution >= 4 is 50.7 Å². The second-order valence-corrected chi connectivity index (χ2v) is 8.14. The molecule has 0 aromatic heterocycles. The third-order valence-corrected chi connectivity index (χ3v) is 5.95. The standard InChI is InChI=1S/C20H16N2O6S2/c1-12(23)28-16-9-8-14(17(22(25)26)18(16)27-2)10-15-19(24)30-20(21-15)29-11-13-6-4-3-5-7-13/h3-10H,11H2,1-2H3/b15-10-. The molecule has 0 fully saturated rings. The third kappa shape index (κ3) is 5.08. The quantitative estimate of drug-likeness (QED) is 0.212. The van der Waals surface area contributed by atoms with Crippen LogP contribution in [-0.2, 0) is 15.3 Å². The summed E-state index contributed by atoms with van der Waals surface area (Å²) in [6.07, 6.45) is 1.34. The van der Waals surface area contributed by atoms with E-state index in [0.29, 0.717) is 10.1 Å². The van der Waals surface area contributed by atoms with E-state index in [-0.39, 0.29) is 27.9 Å². The number of esters is 1. The Morgan fingerprint density at radius 3 is 2.63 bits per heavy atom. The molecule has 0 saturated heterocycles. The molecule has 1 aliphatic heterocycles. The zero-order chi connectivity index (χ0) is 21.7. The van der Waals surface area contributed by atoms with E-state index in [1.165, 1.54) is 44.0 Å². The van der Waals surface area contributed by atoms with Gasteiger partial charge in [-0.25, -0.2) is 4.99 Å². The average molecular weight is 444 g/mol. The van der Waals surface area contributed by atoms with Gasteiger partial charge in [-0.2, -0.15) is 0 Å². The highest BCUT2D eigenvalue weighted by Crippen LogP contribution is 2.41. The molecule has 3 rings (SSSR count). The Hall–Kier alpha value is -3.11. The van der Waals surface area contributed by atoms with Crippen LogP contribution in [0.15, 0.2) is 53.2 Å². The zero-order valence-electron chi connectivity index (χ0n) is 16.0. The monoisotopic (exact) mass is 444 g/mol. The average Bonchev–Trinajstić information content (AvgIpc) is 3.06. The van der Waals surface area contributed by atoms with Crippen molar-refractivity contribution in [2.75, 3.05) is 7.11 Å². The Labute approximate surface area is 180 Å². The molecule has 0 aliphatic carbocycles. The van der Waals surface area contributed by atoms with Crippen LogP contribution < -0.4 is 9.47 Å². The molecule has 0 bridgehead atoms. The number of aliphatic imine (C=N–C) groups is 1. The summed E-state index contributed by atoms with van der Waals surface area (Å²) < 4.78 is 10.6. The van der Waals surface area contributed by atoms with Crippen LogP contribution >= 0.6 is 23.5 Å². The van der Waals surface area contributed by atoms with Crippen LogP contribution in [0.25, 0.3) is 6.08 Å². The summed E-state index contributed by atoms with van der Waals surface area (Å²) in [4.78, 5) is 38.9. The van der Waals surface area contributed by atoms with Crippen molar-refractivity contribution in [3.63, 3.8) is 0 Å². The number of hydrogen-bond donors (Lipinski definition) is 0. The summed E-state index contributed by atoms with van der Waals surface area (Å²) in [5, 5.41) is 11.3. The number of ether oxygens (including phenoxy) is 2. The molecule has 0 amide bonds. The van der Waals surface area contributed by atoms with Crippen LogP contribution in [0, 0.1) is 10.1 Å². The van der Waals surface area contributed by atoms with Crippen LogP contribution in [0.3, 0.4) is 0 Å². The maximum Gasteiger partial charge on any atom is 0.322 e. The molecular weight excluding hydrogens is 428 g/mol. The SMILES string of the molecule is COc1c(OC(C)=O)ccc(/C=C2\N=C(SCc3ccccc3)SC2=O)c1[N+](=O)[O-]. The number of nitrogens with zero attached hydrogens (tertiary/aromatic N) is 2. The molecule has 0 atom stereocenters. The van der Waals surface area contributed by atoms with Crippen LogP contribution in [-0.4, -0.2) is 27.5 Å². The molecule has 2 aromatic rings. The zero-order valence-corrected chi connectivity index (χ0v) is 17.6. The van der Waals surface area contributed by atoms with E-state index >= 15 is 0 Å². The maximum atomic E-state index is 12.3. The molecule has 0 unspecified atom stereocenters. The summed E-state index contributed by atoms with van der Waals surface area (Å²) >= 11 is 2.40. The van der Waals surface area contributed by atoms with E-state index in [1.807, 2.05) is 30.3 Å². The Bertz CT molecular complexity index is 1070. The van der Waals surface area contributed by atoms with Crippen LogP contribution in [0.1, 0.15) is 18.1 Å². The molecule has 30 heavy (non-hydrogen) atoms. The number of nitro benzene ring substituents is 1. The Balaban J connectivity index is 1.91. The number of rotatable bonds is 6. The summed E-state index contributed by atoms with van der Waals surface area (Å²) in [6, 6.07) is 12.5. The first-order valence-corrected chi connectivity index (χ1v) is 10.4. The molecule has 8 nitrogen and oxygen atoms in total. The largest absolute Gasteiger partial charge is 0.488 e. The first kappa shape index (κ1) is 21.6. The van der Waals surface area contributed by atoms with Gasteiger partial charge in [-0.3, -0.25) is 19.7 Å². The molecule has 1 aliphatic rings. The van der Waals surface area contributed by atoms with Crippen LogP contribution in [0.4, 0.5) is 5.69 Å². The van der Waals surface area contributed by atoms with Crippen LogP contribution in [0.5, 0.6) is 11.5 Å². The Morgan fingerprint density at radius 1 is 1.27 bits per heavy atom. The molecule has 154 valence electrons. The van der Waals surface area contributed by atoms with Crippen molar-refractivity contribution in [3.05, 3.63) is 69.4 Å². The van der Waals surface area contributed by atoms with Gasteiger partial charge in [0.2, 0.25) is 10.9 Å². The topological polar surface area (TPSA) is 108 Å². The number of hydrogen-bond acceptors (Lipinski definition) is 9. The van der Waals surface area contributed by atoms with Gasteiger partial charge in [-0.1, -0.05) is 42.1 Å². The normalized spacial score (nSPS) is 14.5. The lowest BCUT2D eigenvalue weighted by Gasteiger charge is -2.10. The van der Waals surface area contributed by atoms with E-state index in [4.69, 9.17) is 9.47 Å². The predicted molar refractivity (Wildman–Crippen MR) is 117 cm³/mol. The van der Waals surface area contributed by atoms with Gasteiger partial charge in [0.05, 0.1) is 17.6 Å². The smallest absolute Gasteiger partial charge is 0.322 e. The van der Waals surface area contributed by atoms with Gasteiger partial charge in [0.25, 0.3) is 0 Å². The number of benzene rings is 2. The van der Waals surface area contributed by atoms with Crippen molar-refractivity contribution < 1.29 is 24.0 Å². The van der Waals surface area contributed by atoms with E-state index in [1.54, 1.807) is 0 Å². The minimum absolute atomic E-state index is 0.0754. The lowest BCUT2D eigenvalue weighted by Crippen LogP contribution is -2.05. The second kappa shape index (κ2) is 9.59. The Kier molecular flexibility index (Phi) is 6.91. The highest BCUT2D eigenvalue weighted by Gasteiger charge is 2.28. The summed E-state index contributed by atoms with van der Waals surface area (Å²) in [7, 11) is 1.24. The first-order valence-electron chi connectivity index (χ1n) is 8.62. The molecule has 2 aromatic carbocycles. The number of nitro groups is 1. The van der Waals surface area contributed by atoms with Gasteiger partial charge in [0.1, 0.15) is 10.1 Å². The van der Waals surface area contributed by atoms with Gasteiger partial charge in [0, 0.05) is 12.7 Å². The fourth-order valence-corrected chi connectivity index (χ4v) is 4.42. The van der Waals surface area contributed by atoms with Crippen molar-refractivity contribution in [1.29, 1.82) is 0 Å². The molecule has 1 heterocycles. The number of carbonyl (C=O) groups is 2. The number of carbonyl (C=O) groups excluding carboxylic acids is 2. The first-order chi connectivity index (χ1) is 14.4. The second-order valence-electron chi connectivity index (χ2n) is 5.96. The van der Waals surface area contributed by atoms with Gasteiger partial charge >= 0.3 is 11.7 Å². The maximum absolute atomic E-state index is 12.3. The summed E-state index contributed by atoms with van der Waals surface area (Å²) in [5.74, 6) is -0.266. The minimum atomic E-state index is -0.653. The van der Waals surface area contributed by atoms with Gasteiger partial charge in [-0.15, -0.1) is 0 Å². The van der Waals surface area contributed by atoms with Crippen LogP contribution in [0.2, 0.25) is 0 Å². The van der Waals surface area contributed by atoms with Crippen molar-refractivity contribution in [3.8, 4) is 11.5 Å². The van der Waals surface area contributed by atoms with Crippen molar-refractivity contribution in [2.45, 2.75) is 12.7 Å². The van der Waals surface area contributed by atoms with E-state index in [2.05, 4.69) is 4.99 Å². The van der Waals surface area contributed by atoms with E-state index < -0.39 is 16.6 Å². The number of methoxy groups -OCH3 is 1. The highest BCUT2D eigenvalue weighted by molar-refractivity contribution is 8.45. The third-order valence-electron chi connectivity index (χ3n) is 3.87. The van der Waals surface area contributed by atoms with E-state index in [0.717, 1.165) is 17.3 Å². The highest BCUT2D eigenvalue weighted by atomic mass is 32.2. The summed E-state index contributed by atoms with van der Waals surface area (Å²) in [5.41, 5.74) is 0.898.